The molecule has 1 aromatic carbocycles. The van der Waals surface area contributed by atoms with Gasteiger partial charge in [0.2, 0.25) is 0 Å². The minimum atomic E-state index is 0.705. The van der Waals surface area contributed by atoms with E-state index >= 15 is 0 Å². The maximum absolute atomic E-state index is 3.61. The van der Waals surface area contributed by atoms with Crippen LogP contribution in [0.3, 0.4) is 0 Å². The van der Waals surface area contributed by atoms with E-state index < -0.39 is 0 Å². The summed E-state index contributed by atoms with van der Waals surface area (Å²) in [5, 5.41) is 3.61. The molecule has 1 aromatic rings. The molecule has 2 aliphatic rings. The SMILES string of the molecule is CC(CC1CCCN1)c1ccc2c(c1)CCC2. The van der Waals surface area contributed by atoms with E-state index in [-0.39, 0.29) is 0 Å². The molecule has 0 radical (unpaired) electrons. The summed E-state index contributed by atoms with van der Waals surface area (Å²) in [6.07, 6.45) is 8.00. The molecule has 1 aliphatic carbocycles. The number of fused-ring (bicyclic) bond motifs is 1. The third-order valence-corrected chi connectivity index (χ3v) is 4.49. The van der Waals surface area contributed by atoms with Gasteiger partial charge in [-0.25, -0.2) is 0 Å². The highest BCUT2D eigenvalue weighted by atomic mass is 14.9. The van der Waals surface area contributed by atoms with Crippen molar-refractivity contribution in [1.82, 2.24) is 5.32 Å². The maximum atomic E-state index is 3.61. The van der Waals surface area contributed by atoms with Crippen molar-refractivity contribution in [2.45, 2.75) is 57.4 Å². The summed E-state index contributed by atoms with van der Waals surface area (Å²) in [5.41, 5.74) is 4.77. The predicted octanol–water partition coefficient (Wildman–Crippen LogP) is 3.42. The zero-order valence-corrected chi connectivity index (χ0v) is 10.8. The second kappa shape index (κ2) is 4.81. The lowest BCUT2D eigenvalue weighted by atomic mass is 9.91. The number of hydrogen-bond donors (Lipinski definition) is 1. The van der Waals surface area contributed by atoms with E-state index in [0.717, 1.165) is 6.04 Å². The van der Waals surface area contributed by atoms with Crippen LogP contribution in [0.25, 0.3) is 0 Å². The van der Waals surface area contributed by atoms with E-state index in [9.17, 15) is 0 Å². The Balaban J connectivity index is 1.70. The Morgan fingerprint density at radius 3 is 2.94 bits per heavy atom. The van der Waals surface area contributed by atoms with Gasteiger partial charge in [0, 0.05) is 6.04 Å². The van der Waals surface area contributed by atoms with Crippen molar-refractivity contribution in [2.75, 3.05) is 6.54 Å². The normalized spacial score (nSPS) is 24.9. The lowest BCUT2D eigenvalue weighted by Crippen LogP contribution is -2.23. The lowest BCUT2D eigenvalue weighted by Gasteiger charge is -2.18. The van der Waals surface area contributed by atoms with Crippen molar-refractivity contribution in [1.29, 1.82) is 0 Å². The molecule has 2 unspecified atom stereocenters. The number of hydrogen-bond acceptors (Lipinski definition) is 1. The van der Waals surface area contributed by atoms with E-state index in [4.69, 9.17) is 0 Å². The summed E-state index contributed by atoms with van der Waals surface area (Å²) >= 11 is 0. The quantitative estimate of drug-likeness (QED) is 0.837. The highest BCUT2D eigenvalue weighted by molar-refractivity contribution is 5.36. The van der Waals surface area contributed by atoms with E-state index in [1.54, 1.807) is 16.7 Å². The second-order valence-electron chi connectivity index (χ2n) is 5.81. The van der Waals surface area contributed by atoms with Crippen LogP contribution in [0.4, 0.5) is 0 Å². The minimum Gasteiger partial charge on any atom is -0.314 e. The molecule has 1 saturated heterocycles. The Bertz CT molecular complexity index is 391. The fourth-order valence-corrected chi connectivity index (χ4v) is 3.42. The third kappa shape index (κ3) is 2.40. The highest BCUT2D eigenvalue weighted by Crippen LogP contribution is 2.29. The predicted molar refractivity (Wildman–Crippen MR) is 72.5 cm³/mol. The molecule has 1 nitrogen and oxygen atoms in total. The van der Waals surface area contributed by atoms with Gasteiger partial charge in [-0.3, -0.25) is 0 Å². The summed E-state index contributed by atoms with van der Waals surface area (Å²) in [7, 11) is 0. The topological polar surface area (TPSA) is 12.0 Å². The van der Waals surface area contributed by atoms with Gasteiger partial charge in [0.05, 0.1) is 0 Å². The van der Waals surface area contributed by atoms with Crippen LogP contribution in [0.2, 0.25) is 0 Å². The Labute approximate surface area is 105 Å². The number of nitrogens with one attached hydrogen (secondary N) is 1. The first-order valence-corrected chi connectivity index (χ1v) is 7.18. The fourth-order valence-electron chi connectivity index (χ4n) is 3.42. The second-order valence-corrected chi connectivity index (χ2v) is 5.81. The maximum Gasteiger partial charge on any atom is 0.00732 e. The highest BCUT2D eigenvalue weighted by Gasteiger charge is 2.19. The van der Waals surface area contributed by atoms with Crippen molar-refractivity contribution in [3.63, 3.8) is 0 Å². The molecule has 92 valence electrons. The molecular weight excluding hydrogens is 206 g/mol. The van der Waals surface area contributed by atoms with Crippen molar-refractivity contribution >= 4 is 0 Å². The molecule has 1 heteroatoms. The van der Waals surface area contributed by atoms with Gasteiger partial charge in [0.1, 0.15) is 0 Å². The Kier molecular flexibility index (Phi) is 3.19. The zero-order chi connectivity index (χ0) is 11.7. The molecule has 1 fully saturated rings. The van der Waals surface area contributed by atoms with Gasteiger partial charge >= 0.3 is 0 Å². The van der Waals surface area contributed by atoms with Gasteiger partial charge < -0.3 is 5.32 Å². The van der Waals surface area contributed by atoms with Crippen molar-refractivity contribution < 1.29 is 0 Å². The smallest absolute Gasteiger partial charge is 0.00732 e. The summed E-state index contributed by atoms with van der Waals surface area (Å²) in [6, 6.07) is 7.97. The monoisotopic (exact) mass is 229 g/mol. The van der Waals surface area contributed by atoms with Crippen LogP contribution in [-0.2, 0) is 12.8 Å². The summed E-state index contributed by atoms with van der Waals surface area (Å²) in [6.45, 7) is 3.61. The first-order chi connectivity index (χ1) is 8.33. The fraction of sp³-hybridized carbons (Fsp3) is 0.625. The van der Waals surface area contributed by atoms with Crippen LogP contribution in [-0.4, -0.2) is 12.6 Å². The van der Waals surface area contributed by atoms with Crippen molar-refractivity contribution in [3.8, 4) is 0 Å². The van der Waals surface area contributed by atoms with Crippen LogP contribution in [0, 0.1) is 0 Å². The van der Waals surface area contributed by atoms with Crippen LogP contribution in [0.1, 0.15) is 55.2 Å². The van der Waals surface area contributed by atoms with Gasteiger partial charge in [0.25, 0.3) is 0 Å². The molecule has 0 spiro atoms. The number of aryl methyl sites for hydroxylation is 2. The van der Waals surface area contributed by atoms with Gasteiger partial charge in [0.15, 0.2) is 0 Å². The molecule has 1 N–H and O–H groups in total. The summed E-state index contributed by atoms with van der Waals surface area (Å²) in [5.74, 6) is 0.705. The van der Waals surface area contributed by atoms with Crippen LogP contribution >= 0.6 is 0 Å². The van der Waals surface area contributed by atoms with E-state index in [0.29, 0.717) is 5.92 Å². The van der Waals surface area contributed by atoms with E-state index in [1.165, 1.54) is 45.1 Å². The van der Waals surface area contributed by atoms with Gasteiger partial charge in [-0.15, -0.1) is 0 Å². The van der Waals surface area contributed by atoms with Crippen LogP contribution < -0.4 is 5.32 Å². The van der Waals surface area contributed by atoms with Gasteiger partial charge in [-0.1, -0.05) is 25.1 Å². The summed E-state index contributed by atoms with van der Waals surface area (Å²) < 4.78 is 0. The molecule has 1 heterocycles. The first kappa shape index (κ1) is 11.3. The number of rotatable bonds is 3. The number of benzene rings is 1. The molecule has 0 bridgehead atoms. The zero-order valence-electron chi connectivity index (χ0n) is 10.8. The van der Waals surface area contributed by atoms with Gasteiger partial charge in [-0.05, 0) is 67.7 Å². The Hall–Kier alpha value is -0.820. The third-order valence-electron chi connectivity index (χ3n) is 4.49. The molecule has 3 rings (SSSR count). The molecule has 0 amide bonds. The molecule has 0 saturated carbocycles. The largest absolute Gasteiger partial charge is 0.314 e. The minimum absolute atomic E-state index is 0.705. The van der Waals surface area contributed by atoms with E-state index in [1.807, 2.05) is 0 Å². The van der Waals surface area contributed by atoms with Gasteiger partial charge in [-0.2, -0.15) is 0 Å². The Morgan fingerprint density at radius 1 is 1.24 bits per heavy atom. The van der Waals surface area contributed by atoms with E-state index in [2.05, 4.69) is 30.4 Å². The molecule has 2 atom stereocenters. The molecule has 0 aromatic heterocycles. The van der Waals surface area contributed by atoms with Crippen LogP contribution in [0.5, 0.6) is 0 Å². The molecule has 1 aliphatic heterocycles. The average Bonchev–Trinajstić information content (AvgIpc) is 2.97. The van der Waals surface area contributed by atoms with Crippen molar-refractivity contribution in [3.05, 3.63) is 34.9 Å². The average molecular weight is 229 g/mol. The summed E-state index contributed by atoms with van der Waals surface area (Å²) in [4.78, 5) is 0. The van der Waals surface area contributed by atoms with Crippen LogP contribution in [0.15, 0.2) is 18.2 Å². The standard InChI is InChI=1S/C16H23N/c1-12(10-16-6-3-9-17-16)14-8-7-13-4-2-5-15(13)11-14/h7-8,11-12,16-17H,2-6,9-10H2,1H3. The van der Waals surface area contributed by atoms with Crippen molar-refractivity contribution in [2.24, 2.45) is 0 Å². The molecular formula is C16H23N. The lowest BCUT2D eigenvalue weighted by molar-refractivity contribution is 0.510. The Morgan fingerprint density at radius 2 is 2.12 bits per heavy atom. The molecule has 17 heavy (non-hydrogen) atoms. The first-order valence-electron chi connectivity index (χ1n) is 7.18.